The van der Waals surface area contributed by atoms with Crippen molar-refractivity contribution < 1.29 is 14.3 Å². The molecule has 1 aromatic heterocycles. The number of nitrogens with zero attached hydrogens (tertiary/aromatic N) is 3. The summed E-state index contributed by atoms with van der Waals surface area (Å²) in [7, 11) is 4.47. The molecule has 0 N–H and O–H groups in total. The van der Waals surface area contributed by atoms with Gasteiger partial charge in [-0.2, -0.15) is 0 Å². The lowest BCUT2D eigenvalue weighted by molar-refractivity contribution is 0.0232. The van der Waals surface area contributed by atoms with Crippen LogP contribution < -0.4 is 0 Å². The maximum absolute atomic E-state index is 12.3. The lowest BCUT2D eigenvalue weighted by atomic mass is 9.72. The second-order valence-corrected chi connectivity index (χ2v) is 10.0. The van der Waals surface area contributed by atoms with Gasteiger partial charge >= 0.3 is 6.09 Å². The molecule has 2 aliphatic heterocycles. The molecule has 2 saturated heterocycles. The van der Waals surface area contributed by atoms with Crippen molar-refractivity contribution >= 4 is 28.8 Å². The number of ether oxygens (including phenoxy) is 2. The van der Waals surface area contributed by atoms with Gasteiger partial charge in [-0.1, -0.05) is 12.1 Å². The fraction of sp³-hybridized carbons (Fsp3) is 0.625. The Bertz CT molecular complexity index is 969. The van der Waals surface area contributed by atoms with Crippen LogP contribution in [-0.4, -0.2) is 79.3 Å². The molecule has 3 atom stereocenters. The van der Waals surface area contributed by atoms with E-state index in [1.165, 1.54) is 33.5 Å². The van der Waals surface area contributed by atoms with E-state index in [0.717, 1.165) is 19.4 Å². The zero-order valence-corrected chi connectivity index (χ0v) is 19.6. The highest BCUT2D eigenvalue weighted by atomic mass is 32.2. The van der Waals surface area contributed by atoms with Crippen LogP contribution >= 0.6 is 11.8 Å². The van der Waals surface area contributed by atoms with Gasteiger partial charge in [0, 0.05) is 49.5 Å². The van der Waals surface area contributed by atoms with E-state index in [1.54, 1.807) is 4.90 Å². The van der Waals surface area contributed by atoms with Crippen LogP contribution in [0.1, 0.15) is 29.9 Å². The quantitative estimate of drug-likeness (QED) is 0.674. The van der Waals surface area contributed by atoms with Crippen molar-refractivity contribution in [2.45, 2.75) is 36.2 Å². The number of carbonyl (C=O) groups excluding carboxylic acids is 1. The number of amides is 1. The lowest BCUT2D eigenvalue weighted by Crippen LogP contribution is -2.48. The van der Waals surface area contributed by atoms with E-state index in [0.29, 0.717) is 50.8 Å². The molecule has 6 nitrogen and oxygen atoms in total. The number of hydrogen-bond acceptors (Lipinski definition) is 5. The van der Waals surface area contributed by atoms with Crippen LogP contribution in [0.2, 0.25) is 0 Å². The minimum Gasteiger partial charge on any atom is -0.449 e. The van der Waals surface area contributed by atoms with E-state index < -0.39 is 0 Å². The molecule has 0 bridgehead atoms. The molecule has 3 heterocycles. The monoisotopic (exact) mass is 443 g/mol. The zero-order valence-electron chi connectivity index (χ0n) is 18.8. The van der Waals surface area contributed by atoms with Crippen LogP contribution in [0.3, 0.4) is 0 Å². The average molecular weight is 444 g/mol. The van der Waals surface area contributed by atoms with Crippen LogP contribution in [0, 0.1) is 5.92 Å². The minimum atomic E-state index is -0.189. The topological polar surface area (TPSA) is 46.9 Å². The van der Waals surface area contributed by atoms with Gasteiger partial charge in [-0.25, -0.2) is 4.79 Å². The molecule has 1 aliphatic carbocycles. The highest BCUT2D eigenvalue weighted by molar-refractivity contribution is 7.98. The number of aryl methyl sites for hydroxylation is 1. The summed E-state index contributed by atoms with van der Waals surface area (Å²) in [6.45, 7) is 4.06. The summed E-state index contributed by atoms with van der Waals surface area (Å²) < 4.78 is 13.3. The fourth-order valence-electron chi connectivity index (χ4n) is 5.98. The van der Waals surface area contributed by atoms with Crippen LogP contribution in [0.4, 0.5) is 4.79 Å². The molecule has 1 aromatic carbocycles. The largest absolute Gasteiger partial charge is 0.449 e. The first-order valence-electron chi connectivity index (χ1n) is 11.4. The fourth-order valence-corrected chi connectivity index (χ4v) is 6.79. The molecule has 168 valence electrons. The first kappa shape index (κ1) is 21.2. The molecule has 0 radical (unpaired) electrons. The molecule has 0 spiro atoms. The standard InChI is InChI=1S/C24H33N3O3S/c1-25-15-16(7-10-30-24(28)27-8-11-29-12-9-27)13-18-17-5-4-6-20-22(17)19(14-21(18)25)23(31-3)26(20)2/h4-6,16,18,21H,7-15H2,1-3H3/t16?,18-,21-/m1/s1. The third-order valence-electron chi connectivity index (χ3n) is 7.49. The van der Waals surface area contributed by atoms with E-state index in [1.807, 2.05) is 11.8 Å². The zero-order chi connectivity index (χ0) is 21.5. The van der Waals surface area contributed by atoms with Crippen molar-refractivity contribution in [2.24, 2.45) is 13.0 Å². The molecule has 0 saturated carbocycles. The molecule has 2 aromatic rings. The van der Waals surface area contributed by atoms with Gasteiger partial charge in [0.2, 0.25) is 0 Å². The summed E-state index contributed by atoms with van der Waals surface area (Å²) in [6, 6.07) is 7.39. The number of morpholine rings is 1. The van der Waals surface area contributed by atoms with Gasteiger partial charge in [-0.3, -0.25) is 0 Å². The number of benzene rings is 1. The second kappa shape index (κ2) is 8.68. The number of likely N-dealkylation sites (N-methyl/N-ethyl adjacent to an activating group) is 1. The Hall–Kier alpha value is -1.70. The SMILES string of the molecule is CSc1c2c3c(cccc3n1C)[C@H]1CC(CCOC(=O)N3CCOCC3)CN(C)[C@@H]1C2. The Morgan fingerprint density at radius 3 is 2.84 bits per heavy atom. The van der Waals surface area contributed by atoms with Gasteiger partial charge < -0.3 is 23.8 Å². The number of hydrogen-bond donors (Lipinski definition) is 0. The predicted octanol–water partition coefficient (Wildman–Crippen LogP) is 3.72. The number of aromatic nitrogens is 1. The Morgan fingerprint density at radius 1 is 1.26 bits per heavy atom. The normalized spacial score (nSPS) is 26.2. The molecule has 1 amide bonds. The summed E-state index contributed by atoms with van der Waals surface area (Å²) in [5.74, 6) is 1.09. The Morgan fingerprint density at radius 2 is 2.06 bits per heavy atom. The maximum atomic E-state index is 12.3. The highest BCUT2D eigenvalue weighted by Gasteiger charge is 2.40. The molecular weight excluding hydrogens is 410 g/mol. The lowest BCUT2D eigenvalue weighted by Gasteiger charge is -2.45. The van der Waals surface area contributed by atoms with Crippen molar-refractivity contribution in [2.75, 3.05) is 52.8 Å². The maximum Gasteiger partial charge on any atom is 0.409 e. The van der Waals surface area contributed by atoms with Gasteiger partial charge in [-0.05, 0) is 55.7 Å². The van der Waals surface area contributed by atoms with Gasteiger partial charge in [-0.15, -0.1) is 11.8 Å². The number of piperidine rings is 1. The van der Waals surface area contributed by atoms with Gasteiger partial charge in [0.1, 0.15) is 0 Å². The first-order chi connectivity index (χ1) is 15.1. The van der Waals surface area contributed by atoms with Crippen molar-refractivity contribution in [1.82, 2.24) is 14.4 Å². The van der Waals surface area contributed by atoms with Crippen LogP contribution in [0.5, 0.6) is 0 Å². The van der Waals surface area contributed by atoms with Gasteiger partial charge in [0.15, 0.2) is 0 Å². The van der Waals surface area contributed by atoms with Crippen LogP contribution in [0.25, 0.3) is 10.9 Å². The van der Waals surface area contributed by atoms with Gasteiger partial charge in [0.05, 0.1) is 24.8 Å². The molecule has 31 heavy (non-hydrogen) atoms. The van der Waals surface area contributed by atoms with Crippen LogP contribution in [-0.2, 0) is 22.9 Å². The number of thioether (sulfide) groups is 1. The number of carbonyl (C=O) groups is 1. The van der Waals surface area contributed by atoms with Crippen molar-refractivity contribution in [3.8, 4) is 0 Å². The van der Waals surface area contributed by atoms with Crippen molar-refractivity contribution in [3.63, 3.8) is 0 Å². The minimum absolute atomic E-state index is 0.189. The van der Waals surface area contributed by atoms with Crippen LogP contribution in [0.15, 0.2) is 23.2 Å². The van der Waals surface area contributed by atoms with Gasteiger partial charge in [0.25, 0.3) is 0 Å². The Kier molecular flexibility index (Phi) is 5.92. The number of rotatable bonds is 4. The van der Waals surface area contributed by atoms with Crippen molar-refractivity contribution in [3.05, 3.63) is 29.3 Å². The second-order valence-electron chi connectivity index (χ2n) is 9.21. The van der Waals surface area contributed by atoms with Crippen molar-refractivity contribution in [1.29, 1.82) is 0 Å². The third-order valence-corrected chi connectivity index (χ3v) is 8.40. The van der Waals surface area contributed by atoms with E-state index >= 15 is 0 Å². The summed E-state index contributed by atoms with van der Waals surface area (Å²) >= 11 is 1.87. The molecule has 3 aliphatic rings. The summed E-state index contributed by atoms with van der Waals surface area (Å²) in [5, 5.41) is 2.90. The Labute approximate surface area is 188 Å². The summed E-state index contributed by atoms with van der Waals surface area (Å²) in [4.78, 5) is 16.6. The number of fused-ring (bicyclic) bond motifs is 2. The molecular formula is C24H33N3O3S. The van der Waals surface area contributed by atoms with E-state index in [-0.39, 0.29) is 6.09 Å². The Balaban J connectivity index is 1.30. The summed E-state index contributed by atoms with van der Waals surface area (Å²) in [6.07, 6.45) is 5.23. The average Bonchev–Trinajstić information content (AvgIpc) is 3.07. The first-order valence-corrected chi connectivity index (χ1v) is 12.6. The highest BCUT2D eigenvalue weighted by Crippen LogP contribution is 2.47. The summed E-state index contributed by atoms with van der Waals surface area (Å²) in [5.41, 5.74) is 4.41. The number of likely N-dealkylation sites (tertiary alicyclic amines) is 1. The molecule has 2 fully saturated rings. The van der Waals surface area contributed by atoms with E-state index in [2.05, 4.69) is 48.0 Å². The van der Waals surface area contributed by atoms with E-state index in [4.69, 9.17) is 9.47 Å². The molecule has 7 heteroatoms. The molecule has 5 rings (SSSR count). The molecule has 1 unspecified atom stereocenters. The predicted molar refractivity (Wildman–Crippen MR) is 124 cm³/mol. The van der Waals surface area contributed by atoms with E-state index in [9.17, 15) is 4.79 Å². The smallest absolute Gasteiger partial charge is 0.409 e. The third kappa shape index (κ3) is 3.74.